The van der Waals surface area contributed by atoms with Gasteiger partial charge in [0, 0.05) is 26.2 Å². The maximum Gasteiger partial charge on any atom is 0.242 e. The SMILES string of the molecule is C[C@H]1C[C@H](C)CN(C(=O)CN2CCNCC2=O)C1. The van der Waals surface area contributed by atoms with Gasteiger partial charge >= 0.3 is 0 Å². The van der Waals surface area contributed by atoms with Crippen LogP contribution < -0.4 is 5.32 Å². The summed E-state index contributed by atoms with van der Waals surface area (Å²) in [4.78, 5) is 27.4. The predicted octanol–water partition coefficient (Wildman–Crippen LogP) is -0.0773. The monoisotopic (exact) mass is 253 g/mol. The number of likely N-dealkylation sites (tertiary alicyclic amines) is 1. The van der Waals surface area contributed by atoms with Crippen molar-refractivity contribution in [2.24, 2.45) is 11.8 Å². The van der Waals surface area contributed by atoms with Gasteiger partial charge in [-0.1, -0.05) is 13.8 Å². The summed E-state index contributed by atoms with van der Waals surface area (Å²) in [6, 6.07) is 0. The van der Waals surface area contributed by atoms with E-state index in [1.54, 1.807) is 4.90 Å². The van der Waals surface area contributed by atoms with Crippen molar-refractivity contribution >= 4 is 11.8 Å². The quantitative estimate of drug-likeness (QED) is 0.749. The van der Waals surface area contributed by atoms with Crippen LogP contribution in [0, 0.1) is 11.8 Å². The Morgan fingerprint density at radius 3 is 2.61 bits per heavy atom. The van der Waals surface area contributed by atoms with Crippen LogP contribution in [0.3, 0.4) is 0 Å². The molecule has 2 heterocycles. The van der Waals surface area contributed by atoms with Crippen LogP contribution in [0.25, 0.3) is 0 Å². The molecular formula is C13H23N3O2. The smallest absolute Gasteiger partial charge is 0.242 e. The van der Waals surface area contributed by atoms with Gasteiger partial charge in [0.05, 0.1) is 13.1 Å². The van der Waals surface area contributed by atoms with Crippen LogP contribution in [0.15, 0.2) is 0 Å². The number of hydrogen-bond acceptors (Lipinski definition) is 3. The molecule has 0 spiro atoms. The normalized spacial score (nSPS) is 29.6. The molecule has 2 aliphatic rings. The first-order valence-corrected chi connectivity index (χ1v) is 6.82. The summed E-state index contributed by atoms with van der Waals surface area (Å²) < 4.78 is 0. The zero-order valence-electron chi connectivity index (χ0n) is 11.3. The van der Waals surface area contributed by atoms with E-state index in [1.807, 2.05) is 4.90 Å². The molecule has 0 aromatic heterocycles. The lowest BCUT2D eigenvalue weighted by Crippen LogP contribution is -2.53. The first-order chi connectivity index (χ1) is 8.56. The van der Waals surface area contributed by atoms with Gasteiger partial charge in [-0.15, -0.1) is 0 Å². The lowest BCUT2D eigenvalue weighted by Gasteiger charge is -2.36. The topological polar surface area (TPSA) is 52.7 Å². The summed E-state index contributed by atoms with van der Waals surface area (Å²) in [5.74, 6) is 1.27. The summed E-state index contributed by atoms with van der Waals surface area (Å²) in [6.07, 6.45) is 1.19. The van der Waals surface area contributed by atoms with Crippen LogP contribution in [0.5, 0.6) is 0 Å². The molecule has 5 heteroatoms. The molecule has 0 unspecified atom stereocenters. The first-order valence-electron chi connectivity index (χ1n) is 6.82. The molecule has 2 atom stereocenters. The van der Waals surface area contributed by atoms with E-state index in [2.05, 4.69) is 19.2 Å². The maximum atomic E-state index is 12.2. The number of piperidine rings is 1. The van der Waals surface area contributed by atoms with Gasteiger partial charge in [0.2, 0.25) is 11.8 Å². The highest BCUT2D eigenvalue weighted by Gasteiger charge is 2.28. The highest BCUT2D eigenvalue weighted by molar-refractivity contribution is 5.86. The molecule has 2 aliphatic heterocycles. The number of piperazine rings is 1. The molecule has 0 radical (unpaired) electrons. The fraction of sp³-hybridized carbons (Fsp3) is 0.846. The van der Waals surface area contributed by atoms with E-state index >= 15 is 0 Å². The van der Waals surface area contributed by atoms with Gasteiger partial charge in [-0.2, -0.15) is 0 Å². The number of carbonyl (C=O) groups is 2. The molecule has 2 fully saturated rings. The molecule has 102 valence electrons. The van der Waals surface area contributed by atoms with Crippen LogP contribution >= 0.6 is 0 Å². The predicted molar refractivity (Wildman–Crippen MR) is 69.0 cm³/mol. The van der Waals surface area contributed by atoms with E-state index in [0.717, 1.165) is 19.6 Å². The second kappa shape index (κ2) is 5.69. The lowest BCUT2D eigenvalue weighted by atomic mass is 9.92. The van der Waals surface area contributed by atoms with Gasteiger partial charge in [0.25, 0.3) is 0 Å². The third-order valence-electron chi connectivity index (χ3n) is 3.74. The average Bonchev–Trinajstić information content (AvgIpc) is 2.31. The molecule has 0 saturated carbocycles. The zero-order chi connectivity index (χ0) is 13.1. The van der Waals surface area contributed by atoms with Crippen LogP contribution in [-0.4, -0.2) is 60.9 Å². The number of hydrogen-bond donors (Lipinski definition) is 1. The van der Waals surface area contributed by atoms with E-state index in [0.29, 0.717) is 24.9 Å². The molecule has 0 aromatic rings. The summed E-state index contributed by atoms with van der Waals surface area (Å²) in [7, 11) is 0. The zero-order valence-corrected chi connectivity index (χ0v) is 11.3. The second-order valence-corrected chi connectivity index (χ2v) is 5.74. The van der Waals surface area contributed by atoms with Gasteiger partial charge in [-0.05, 0) is 18.3 Å². The van der Waals surface area contributed by atoms with Crippen LogP contribution in [0.4, 0.5) is 0 Å². The fourth-order valence-electron chi connectivity index (χ4n) is 2.94. The molecule has 1 N–H and O–H groups in total. The van der Waals surface area contributed by atoms with Gasteiger partial charge in [0.1, 0.15) is 0 Å². The Labute approximate surface area is 108 Å². The molecule has 5 nitrogen and oxygen atoms in total. The van der Waals surface area contributed by atoms with E-state index in [9.17, 15) is 9.59 Å². The van der Waals surface area contributed by atoms with Crippen molar-refractivity contribution in [2.75, 3.05) is 39.3 Å². The first kappa shape index (κ1) is 13.3. The maximum absolute atomic E-state index is 12.2. The van der Waals surface area contributed by atoms with Crippen molar-refractivity contribution in [1.29, 1.82) is 0 Å². The molecule has 2 amide bonds. The average molecular weight is 253 g/mol. The molecule has 2 rings (SSSR count). The number of nitrogens with zero attached hydrogens (tertiary/aromatic N) is 2. The molecule has 2 saturated heterocycles. The lowest BCUT2D eigenvalue weighted by molar-refractivity contribution is -0.142. The minimum Gasteiger partial charge on any atom is -0.341 e. The Kier molecular flexibility index (Phi) is 4.22. The van der Waals surface area contributed by atoms with Crippen LogP contribution in [0.2, 0.25) is 0 Å². The summed E-state index contributed by atoms with van der Waals surface area (Å²) >= 11 is 0. The Morgan fingerprint density at radius 1 is 1.33 bits per heavy atom. The Balaban J connectivity index is 1.88. The van der Waals surface area contributed by atoms with E-state index in [4.69, 9.17) is 0 Å². The summed E-state index contributed by atoms with van der Waals surface area (Å²) in [5, 5.41) is 3.02. The highest BCUT2D eigenvalue weighted by atomic mass is 16.2. The van der Waals surface area contributed by atoms with Gasteiger partial charge < -0.3 is 15.1 Å². The molecule has 0 bridgehead atoms. The number of rotatable bonds is 2. The summed E-state index contributed by atoms with van der Waals surface area (Å²) in [6.45, 7) is 8.08. The van der Waals surface area contributed by atoms with Crippen LogP contribution in [-0.2, 0) is 9.59 Å². The van der Waals surface area contributed by atoms with Crippen molar-refractivity contribution in [2.45, 2.75) is 20.3 Å². The van der Waals surface area contributed by atoms with Crippen LogP contribution in [0.1, 0.15) is 20.3 Å². The van der Waals surface area contributed by atoms with Crippen molar-refractivity contribution in [3.05, 3.63) is 0 Å². The van der Waals surface area contributed by atoms with Gasteiger partial charge in [-0.3, -0.25) is 9.59 Å². The number of nitrogens with one attached hydrogen (secondary N) is 1. The second-order valence-electron chi connectivity index (χ2n) is 5.74. The highest BCUT2D eigenvalue weighted by Crippen LogP contribution is 2.21. The molecular weight excluding hydrogens is 230 g/mol. The van der Waals surface area contributed by atoms with Crippen molar-refractivity contribution in [3.8, 4) is 0 Å². The summed E-state index contributed by atoms with van der Waals surface area (Å²) in [5.41, 5.74) is 0. The fourth-order valence-corrected chi connectivity index (χ4v) is 2.94. The Hall–Kier alpha value is -1.10. The number of amides is 2. The van der Waals surface area contributed by atoms with E-state index in [1.165, 1.54) is 6.42 Å². The van der Waals surface area contributed by atoms with Gasteiger partial charge in [0.15, 0.2) is 0 Å². The standard InChI is InChI=1S/C13H23N3O2/c1-10-5-11(2)8-16(7-10)13(18)9-15-4-3-14-6-12(15)17/h10-11,14H,3-9H2,1-2H3/t10-,11-/m0/s1. The Bertz CT molecular complexity index is 322. The molecule has 0 aliphatic carbocycles. The molecule has 0 aromatic carbocycles. The minimum atomic E-state index is 0.0349. The number of carbonyl (C=O) groups excluding carboxylic acids is 2. The van der Waals surface area contributed by atoms with Crippen molar-refractivity contribution in [3.63, 3.8) is 0 Å². The largest absolute Gasteiger partial charge is 0.341 e. The van der Waals surface area contributed by atoms with E-state index < -0.39 is 0 Å². The third-order valence-corrected chi connectivity index (χ3v) is 3.74. The third kappa shape index (κ3) is 3.22. The molecule has 18 heavy (non-hydrogen) atoms. The van der Waals surface area contributed by atoms with E-state index in [-0.39, 0.29) is 18.4 Å². The Morgan fingerprint density at radius 2 is 2.00 bits per heavy atom. The minimum absolute atomic E-state index is 0.0349. The van der Waals surface area contributed by atoms with Crippen molar-refractivity contribution in [1.82, 2.24) is 15.1 Å². The van der Waals surface area contributed by atoms with Gasteiger partial charge in [-0.25, -0.2) is 0 Å². The van der Waals surface area contributed by atoms with Crippen molar-refractivity contribution < 1.29 is 9.59 Å².